The van der Waals surface area contributed by atoms with Crippen molar-refractivity contribution in [1.29, 1.82) is 5.26 Å². The Bertz CT molecular complexity index is 533. The number of amides is 1. The van der Waals surface area contributed by atoms with Gasteiger partial charge in [0, 0.05) is 18.8 Å². The Morgan fingerprint density at radius 2 is 2.35 bits per heavy atom. The van der Waals surface area contributed by atoms with E-state index in [1.807, 2.05) is 11.0 Å². The maximum absolute atomic E-state index is 12.2. The number of hydrogen-bond donors (Lipinski definition) is 1. The first kappa shape index (κ1) is 12.9. The lowest BCUT2D eigenvalue weighted by molar-refractivity contribution is -0.124. The van der Waals surface area contributed by atoms with Crippen LogP contribution in [0.1, 0.15) is 18.4 Å². The zero-order valence-corrected chi connectivity index (χ0v) is 11.1. The molecule has 104 valence electrons. The third kappa shape index (κ3) is 2.73. The number of pyridine rings is 1. The third-order valence-electron chi connectivity index (χ3n) is 3.53. The lowest BCUT2D eigenvalue weighted by atomic mass is 10.2. The van der Waals surface area contributed by atoms with Gasteiger partial charge < -0.3 is 15.0 Å². The quantitative estimate of drug-likeness (QED) is 0.863. The highest BCUT2D eigenvalue weighted by molar-refractivity contribution is 5.85. The molecule has 1 unspecified atom stereocenters. The van der Waals surface area contributed by atoms with Gasteiger partial charge in [0.2, 0.25) is 5.91 Å². The van der Waals surface area contributed by atoms with Gasteiger partial charge in [0.25, 0.3) is 0 Å². The minimum Gasteiger partial charge on any atom is -0.377 e. The molecule has 6 heteroatoms. The molecule has 1 saturated carbocycles. The van der Waals surface area contributed by atoms with Gasteiger partial charge in [-0.3, -0.25) is 4.79 Å². The summed E-state index contributed by atoms with van der Waals surface area (Å²) in [7, 11) is 0. The van der Waals surface area contributed by atoms with Crippen LogP contribution < -0.4 is 10.2 Å². The van der Waals surface area contributed by atoms with E-state index in [-0.39, 0.29) is 11.9 Å². The number of nitriles is 1. The first-order valence-corrected chi connectivity index (χ1v) is 6.79. The number of ether oxygens (including phenoxy) is 1. The molecule has 1 saturated heterocycles. The van der Waals surface area contributed by atoms with E-state index in [1.54, 1.807) is 12.1 Å². The number of carbonyl (C=O) groups excluding carboxylic acids is 1. The Labute approximate surface area is 117 Å². The van der Waals surface area contributed by atoms with Crippen LogP contribution in [0, 0.1) is 11.3 Å². The van der Waals surface area contributed by atoms with Crippen molar-refractivity contribution in [2.45, 2.75) is 24.9 Å². The Kier molecular flexibility index (Phi) is 3.52. The summed E-state index contributed by atoms with van der Waals surface area (Å²) in [5.41, 5.74) is 0.515. The molecule has 0 spiro atoms. The van der Waals surface area contributed by atoms with Crippen LogP contribution >= 0.6 is 0 Å². The molecule has 1 aliphatic carbocycles. The number of nitrogens with one attached hydrogen (secondary N) is 1. The molecule has 1 aromatic rings. The fourth-order valence-electron chi connectivity index (χ4n) is 2.24. The Morgan fingerprint density at radius 3 is 3.00 bits per heavy atom. The van der Waals surface area contributed by atoms with Gasteiger partial charge in [-0.1, -0.05) is 0 Å². The van der Waals surface area contributed by atoms with Gasteiger partial charge in [0.05, 0.1) is 18.8 Å². The second-order valence-corrected chi connectivity index (χ2v) is 5.08. The van der Waals surface area contributed by atoms with Crippen LogP contribution in [-0.4, -0.2) is 42.7 Å². The fourth-order valence-corrected chi connectivity index (χ4v) is 2.24. The second-order valence-electron chi connectivity index (χ2n) is 5.08. The van der Waals surface area contributed by atoms with Crippen LogP contribution in [0.2, 0.25) is 0 Å². The van der Waals surface area contributed by atoms with Crippen LogP contribution in [0.4, 0.5) is 5.82 Å². The lowest BCUT2D eigenvalue weighted by Gasteiger charge is -2.35. The minimum absolute atomic E-state index is 0.00152. The summed E-state index contributed by atoms with van der Waals surface area (Å²) in [6.45, 7) is 1.58. The van der Waals surface area contributed by atoms with Crippen molar-refractivity contribution in [3.8, 4) is 6.07 Å². The predicted molar refractivity (Wildman–Crippen MR) is 72.1 cm³/mol. The topological polar surface area (TPSA) is 78.2 Å². The molecule has 1 atom stereocenters. The predicted octanol–water partition coefficient (Wildman–Crippen LogP) is 0.437. The van der Waals surface area contributed by atoms with Crippen molar-refractivity contribution in [1.82, 2.24) is 10.3 Å². The van der Waals surface area contributed by atoms with Gasteiger partial charge in [-0.25, -0.2) is 4.98 Å². The summed E-state index contributed by atoms with van der Waals surface area (Å²) >= 11 is 0. The normalized spacial score (nSPS) is 22.1. The molecule has 1 N–H and O–H groups in total. The van der Waals surface area contributed by atoms with Crippen molar-refractivity contribution in [3.63, 3.8) is 0 Å². The number of morpholine rings is 1. The van der Waals surface area contributed by atoms with E-state index >= 15 is 0 Å². The Balaban J connectivity index is 1.76. The van der Waals surface area contributed by atoms with Crippen molar-refractivity contribution in [3.05, 3.63) is 23.9 Å². The van der Waals surface area contributed by atoms with E-state index in [0.717, 1.165) is 12.8 Å². The van der Waals surface area contributed by atoms with Crippen LogP contribution in [0.25, 0.3) is 0 Å². The number of carbonyl (C=O) groups is 1. The van der Waals surface area contributed by atoms with Gasteiger partial charge in [-0.05, 0) is 25.0 Å². The monoisotopic (exact) mass is 272 g/mol. The van der Waals surface area contributed by atoms with E-state index in [0.29, 0.717) is 37.2 Å². The molecule has 0 bridgehead atoms. The highest BCUT2D eigenvalue weighted by Crippen LogP contribution is 2.21. The standard InChI is InChI=1S/C14H16N4O2/c15-7-10-1-4-13(16-8-10)18-5-6-20-9-12(18)14(19)17-11-2-3-11/h1,4,8,11-12H,2-3,5-6,9H2,(H,17,19). The molecule has 2 aliphatic rings. The molecule has 1 aliphatic heterocycles. The largest absolute Gasteiger partial charge is 0.377 e. The lowest BCUT2D eigenvalue weighted by Crippen LogP contribution is -2.54. The van der Waals surface area contributed by atoms with Crippen molar-refractivity contribution in [2.75, 3.05) is 24.7 Å². The fraction of sp³-hybridized carbons (Fsp3) is 0.500. The molecular formula is C14H16N4O2. The van der Waals surface area contributed by atoms with Gasteiger partial charge in [0.1, 0.15) is 17.9 Å². The molecule has 0 aromatic carbocycles. The van der Waals surface area contributed by atoms with E-state index in [9.17, 15) is 4.79 Å². The Hall–Kier alpha value is -2.13. The summed E-state index contributed by atoms with van der Waals surface area (Å²) in [4.78, 5) is 18.5. The summed E-state index contributed by atoms with van der Waals surface area (Å²) < 4.78 is 5.42. The second kappa shape index (κ2) is 5.47. The molecule has 2 fully saturated rings. The van der Waals surface area contributed by atoms with Crippen molar-refractivity contribution in [2.24, 2.45) is 0 Å². The van der Waals surface area contributed by atoms with Gasteiger partial charge in [-0.15, -0.1) is 0 Å². The van der Waals surface area contributed by atoms with Crippen LogP contribution in [0.15, 0.2) is 18.3 Å². The first-order valence-electron chi connectivity index (χ1n) is 6.79. The average Bonchev–Trinajstić information content (AvgIpc) is 3.31. The molecule has 3 rings (SSSR count). The SMILES string of the molecule is N#Cc1ccc(N2CCOCC2C(=O)NC2CC2)nc1. The highest BCUT2D eigenvalue weighted by Gasteiger charge is 2.33. The number of hydrogen-bond acceptors (Lipinski definition) is 5. The van der Waals surface area contributed by atoms with E-state index in [1.165, 1.54) is 6.20 Å². The summed E-state index contributed by atoms with van der Waals surface area (Å²) in [5.74, 6) is 0.710. The Morgan fingerprint density at radius 1 is 1.50 bits per heavy atom. The molecule has 2 heterocycles. The smallest absolute Gasteiger partial charge is 0.245 e. The first-order chi connectivity index (χ1) is 9.78. The molecule has 1 aromatic heterocycles. The van der Waals surface area contributed by atoms with Gasteiger partial charge in [-0.2, -0.15) is 5.26 Å². The molecule has 0 radical (unpaired) electrons. The van der Waals surface area contributed by atoms with Crippen LogP contribution in [0.3, 0.4) is 0 Å². The summed E-state index contributed by atoms with van der Waals surface area (Å²) in [6, 6.07) is 5.53. The summed E-state index contributed by atoms with van der Waals surface area (Å²) in [5, 5.41) is 11.8. The summed E-state index contributed by atoms with van der Waals surface area (Å²) in [6.07, 6.45) is 3.66. The maximum atomic E-state index is 12.2. The van der Waals surface area contributed by atoms with Gasteiger partial charge in [0.15, 0.2) is 0 Å². The number of nitrogens with zero attached hydrogens (tertiary/aromatic N) is 3. The molecule has 1 amide bonds. The van der Waals surface area contributed by atoms with Gasteiger partial charge >= 0.3 is 0 Å². The zero-order chi connectivity index (χ0) is 13.9. The number of rotatable bonds is 3. The van der Waals surface area contributed by atoms with Crippen LogP contribution in [0.5, 0.6) is 0 Å². The van der Waals surface area contributed by atoms with E-state index in [4.69, 9.17) is 10.00 Å². The van der Waals surface area contributed by atoms with E-state index < -0.39 is 0 Å². The highest BCUT2D eigenvalue weighted by atomic mass is 16.5. The average molecular weight is 272 g/mol. The molecule has 6 nitrogen and oxygen atoms in total. The molecule has 20 heavy (non-hydrogen) atoms. The number of aromatic nitrogens is 1. The molecular weight excluding hydrogens is 256 g/mol. The van der Waals surface area contributed by atoms with Crippen molar-refractivity contribution < 1.29 is 9.53 Å². The van der Waals surface area contributed by atoms with Crippen LogP contribution in [-0.2, 0) is 9.53 Å². The number of anilines is 1. The third-order valence-corrected chi connectivity index (χ3v) is 3.53. The van der Waals surface area contributed by atoms with Crippen molar-refractivity contribution >= 4 is 11.7 Å². The van der Waals surface area contributed by atoms with E-state index in [2.05, 4.69) is 10.3 Å². The minimum atomic E-state index is -0.343. The zero-order valence-electron chi connectivity index (χ0n) is 11.1. The maximum Gasteiger partial charge on any atom is 0.245 e.